The summed E-state index contributed by atoms with van der Waals surface area (Å²) >= 11 is 1.03. The fourth-order valence-electron chi connectivity index (χ4n) is 3.88. The average Bonchev–Trinajstić information content (AvgIpc) is 2.88. The molecule has 0 aromatic rings. The summed E-state index contributed by atoms with van der Waals surface area (Å²) in [5.74, 6) is 0.827. The van der Waals surface area contributed by atoms with Crippen molar-refractivity contribution in [2.45, 2.75) is 89.9 Å². The van der Waals surface area contributed by atoms with Gasteiger partial charge in [0.2, 0.25) is 5.12 Å². The molecular formula is C20H32O3S. The summed E-state index contributed by atoms with van der Waals surface area (Å²) in [5.41, 5.74) is 0.0682. The molecule has 3 nitrogen and oxygen atoms in total. The van der Waals surface area contributed by atoms with Gasteiger partial charge in [-0.2, -0.15) is 0 Å². The second-order valence-corrected chi connectivity index (χ2v) is 8.29. The van der Waals surface area contributed by atoms with Gasteiger partial charge in [0.1, 0.15) is 11.3 Å². The predicted octanol–water partition coefficient (Wildman–Crippen LogP) is 5.73. The van der Waals surface area contributed by atoms with Gasteiger partial charge in [0.25, 0.3) is 0 Å². The molecule has 1 saturated carbocycles. The van der Waals surface area contributed by atoms with Gasteiger partial charge < -0.3 is 5.11 Å². The van der Waals surface area contributed by atoms with Crippen molar-refractivity contribution in [3.63, 3.8) is 0 Å². The summed E-state index contributed by atoms with van der Waals surface area (Å²) in [6.07, 6.45) is 17.2. The number of thioether (sulfide) groups is 1. The molecule has 0 saturated heterocycles. The predicted molar refractivity (Wildman–Crippen MR) is 100 cm³/mol. The van der Waals surface area contributed by atoms with Crippen molar-refractivity contribution in [3.8, 4) is 0 Å². The summed E-state index contributed by atoms with van der Waals surface area (Å²) in [6, 6.07) is 0. The smallest absolute Gasteiger partial charge is 0.226 e. The normalized spacial score (nSPS) is 22.2. The molecule has 0 unspecified atom stereocenters. The van der Waals surface area contributed by atoms with Gasteiger partial charge in [-0.3, -0.25) is 9.59 Å². The van der Waals surface area contributed by atoms with E-state index in [1.54, 1.807) is 0 Å². The molecule has 0 atom stereocenters. The highest BCUT2D eigenvalue weighted by molar-refractivity contribution is 8.14. The second-order valence-electron chi connectivity index (χ2n) is 7.34. The van der Waals surface area contributed by atoms with E-state index in [1.807, 2.05) is 0 Å². The number of hydrogen-bond acceptors (Lipinski definition) is 4. The molecule has 0 spiro atoms. The molecule has 0 aromatic heterocycles. The van der Waals surface area contributed by atoms with Crippen LogP contribution in [0.2, 0.25) is 0 Å². The van der Waals surface area contributed by atoms with Crippen LogP contribution in [0.1, 0.15) is 89.9 Å². The highest BCUT2D eigenvalue weighted by Gasteiger charge is 2.29. The number of aliphatic hydroxyl groups excluding tert-OH is 1. The zero-order valence-corrected chi connectivity index (χ0v) is 15.7. The van der Waals surface area contributed by atoms with Gasteiger partial charge in [-0.25, -0.2) is 0 Å². The molecule has 0 aromatic carbocycles. The van der Waals surface area contributed by atoms with E-state index in [9.17, 15) is 14.7 Å². The largest absolute Gasteiger partial charge is 0.510 e. The van der Waals surface area contributed by atoms with Crippen LogP contribution < -0.4 is 0 Å². The molecule has 24 heavy (non-hydrogen) atoms. The summed E-state index contributed by atoms with van der Waals surface area (Å²) in [5, 5.41) is 9.42. The third-order valence-corrected chi connectivity index (χ3v) is 6.24. The molecule has 2 aliphatic rings. The number of carbonyl (C=O) groups is 2. The number of Topliss-reactive ketones (excluding diaryl/α,β-unsaturated/α-hetero) is 1. The fourth-order valence-corrected chi connectivity index (χ4v) is 4.67. The molecule has 0 amide bonds. The van der Waals surface area contributed by atoms with E-state index in [-0.39, 0.29) is 28.0 Å². The van der Waals surface area contributed by atoms with Crippen molar-refractivity contribution < 1.29 is 14.7 Å². The van der Waals surface area contributed by atoms with Crippen LogP contribution in [-0.4, -0.2) is 21.8 Å². The van der Waals surface area contributed by atoms with Gasteiger partial charge in [0, 0.05) is 6.42 Å². The first-order chi connectivity index (χ1) is 11.7. The molecule has 0 radical (unpaired) electrons. The third kappa shape index (κ3) is 6.62. The van der Waals surface area contributed by atoms with Gasteiger partial charge >= 0.3 is 0 Å². The minimum absolute atomic E-state index is 0.0130. The molecule has 1 fully saturated rings. The number of ketones is 1. The van der Waals surface area contributed by atoms with Crippen molar-refractivity contribution >= 4 is 22.7 Å². The van der Waals surface area contributed by atoms with Crippen molar-refractivity contribution in [1.29, 1.82) is 0 Å². The van der Waals surface area contributed by atoms with Crippen molar-refractivity contribution in [3.05, 3.63) is 11.3 Å². The lowest BCUT2D eigenvalue weighted by molar-refractivity contribution is -0.118. The Morgan fingerprint density at radius 3 is 2.00 bits per heavy atom. The van der Waals surface area contributed by atoms with Crippen LogP contribution in [0.25, 0.3) is 0 Å². The lowest BCUT2D eigenvalue weighted by Crippen LogP contribution is -2.10. The third-order valence-electron chi connectivity index (χ3n) is 5.35. The molecule has 1 heterocycles. The molecule has 1 N–H and O–H groups in total. The van der Waals surface area contributed by atoms with Crippen LogP contribution in [0.5, 0.6) is 0 Å². The topological polar surface area (TPSA) is 54.4 Å². The van der Waals surface area contributed by atoms with Crippen LogP contribution in [0.15, 0.2) is 11.3 Å². The van der Waals surface area contributed by atoms with E-state index in [2.05, 4.69) is 0 Å². The maximum atomic E-state index is 12.2. The van der Waals surface area contributed by atoms with Crippen LogP contribution in [0.3, 0.4) is 0 Å². The second kappa shape index (κ2) is 11.0. The van der Waals surface area contributed by atoms with Gasteiger partial charge in [-0.15, -0.1) is 0 Å². The molecule has 1 aliphatic carbocycles. The van der Waals surface area contributed by atoms with Crippen molar-refractivity contribution in [1.82, 2.24) is 0 Å². The lowest BCUT2D eigenvalue weighted by atomic mass is 9.88. The molecular weight excluding hydrogens is 320 g/mol. The minimum Gasteiger partial charge on any atom is -0.510 e. The number of carbonyl (C=O) groups excluding carboxylic acids is 2. The van der Waals surface area contributed by atoms with Gasteiger partial charge in [-0.05, 0) is 12.3 Å². The Balaban J connectivity index is 1.72. The first-order valence-electron chi connectivity index (χ1n) is 9.81. The van der Waals surface area contributed by atoms with Crippen molar-refractivity contribution in [2.75, 3.05) is 5.75 Å². The average molecular weight is 353 g/mol. The van der Waals surface area contributed by atoms with Crippen LogP contribution >= 0.6 is 11.8 Å². The summed E-state index contributed by atoms with van der Waals surface area (Å²) in [7, 11) is 0. The maximum absolute atomic E-state index is 12.2. The van der Waals surface area contributed by atoms with Crippen LogP contribution in [0.4, 0.5) is 0 Å². The lowest BCUT2D eigenvalue weighted by Gasteiger charge is -2.17. The van der Waals surface area contributed by atoms with E-state index in [1.165, 1.54) is 70.6 Å². The van der Waals surface area contributed by atoms with Crippen LogP contribution in [0, 0.1) is 5.92 Å². The number of rotatable bonds is 5. The molecule has 2 rings (SSSR count). The van der Waals surface area contributed by atoms with Crippen LogP contribution in [-0.2, 0) is 9.59 Å². The first kappa shape index (κ1) is 19.6. The molecule has 136 valence electrons. The van der Waals surface area contributed by atoms with Crippen molar-refractivity contribution in [2.24, 2.45) is 5.92 Å². The van der Waals surface area contributed by atoms with E-state index in [0.717, 1.165) is 30.5 Å². The Morgan fingerprint density at radius 2 is 1.50 bits per heavy atom. The van der Waals surface area contributed by atoms with E-state index >= 15 is 0 Å². The molecule has 1 aliphatic heterocycles. The Hall–Kier alpha value is -0.770. The Bertz CT molecular complexity index is 444. The standard InChI is InChI=1S/C20H32O3S/c21-17(19-18(22)15-24-20(19)23)14-10-13-16-11-8-6-4-2-1-3-5-7-9-12-16/h16,22H,1-15H2. The number of aliphatic hydroxyl groups is 1. The minimum atomic E-state index is -0.247. The van der Waals surface area contributed by atoms with E-state index in [4.69, 9.17) is 0 Å². The first-order valence-corrected chi connectivity index (χ1v) is 10.8. The molecule has 4 heteroatoms. The Labute approximate surface area is 150 Å². The van der Waals surface area contributed by atoms with Gasteiger partial charge in [-0.1, -0.05) is 88.8 Å². The summed E-state index contributed by atoms with van der Waals surface area (Å²) in [6.45, 7) is 0. The van der Waals surface area contributed by atoms with Gasteiger partial charge in [0.05, 0.1) is 5.75 Å². The van der Waals surface area contributed by atoms with Gasteiger partial charge in [0.15, 0.2) is 5.78 Å². The maximum Gasteiger partial charge on any atom is 0.226 e. The highest BCUT2D eigenvalue weighted by atomic mass is 32.2. The Morgan fingerprint density at radius 1 is 0.958 bits per heavy atom. The fraction of sp³-hybridized carbons (Fsp3) is 0.800. The van der Waals surface area contributed by atoms with E-state index < -0.39 is 0 Å². The zero-order valence-electron chi connectivity index (χ0n) is 14.9. The highest BCUT2D eigenvalue weighted by Crippen LogP contribution is 2.28. The number of hydrogen-bond donors (Lipinski definition) is 1. The summed E-state index contributed by atoms with van der Waals surface area (Å²) in [4.78, 5) is 23.8. The molecule has 0 bridgehead atoms. The Kier molecular flexibility index (Phi) is 8.93. The van der Waals surface area contributed by atoms with E-state index in [0.29, 0.717) is 6.42 Å². The summed E-state index contributed by atoms with van der Waals surface area (Å²) < 4.78 is 0. The SMILES string of the molecule is O=C(CCCC1CCCCCCCCCCC1)C1=C(O)CSC1=O. The monoisotopic (exact) mass is 352 g/mol. The zero-order chi connectivity index (χ0) is 17.2. The quantitative estimate of drug-likeness (QED) is 0.642.